The van der Waals surface area contributed by atoms with Crippen LogP contribution in [0, 0.1) is 0 Å². The molecule has 1 aliphatic rings. The average Bonchev–Trinajstić information content (AvgIpc) is 2.98. The first kappa shape index (κ1) is 16.1. The topological polar surface area (TPSA) is 33.7 Å². The van der Waals surface area contributed by atoms with Crippen molar-refractivity contribution in [1.29, 1.82) is 0 Å². The molecule has 0 saturated carbocycles. The van der Waals surface area contributed by atoms with E-state index < -0.39 is 0 Å². The molecule has 0 amide bonds. The monoisotopic (exact) mass is 292 g/mol. The quantitative estimate of drug-likeness (QED) is 0.799. The van der Waals surface area contributed by atoms with Crippen LogP contribution in [0.25, 0.3) is 0 Å². The van der Waals surface area contributed by atoms with E-state index in [0.29, 0.717) is 12.6 Å². The van der Waals surface area contributed by atoms with E-state index in [1.807, 2.05) is 19.1 Å². The second-order valence-corrected chi connectivity index (χ2v) is 5.67. The Morgan fingerprint density at radius 2 is 2.05 bits per heavy atom. The van der Waals surface area contributed by atoms with Crippen molar-refractivity contribution in [1.82, 2.24) is 10.2 Å². The maximum atomic E-state index is 5.62. The lowest BCUT2D eigenvalue weighted by Crippen LogP contribution is -2.37. The number of likely N-dealkylation sites (tertiary alicyclic amines) is 1. The zero-order valence-electron chi connectivity index (χ0n) is 13.5. The molecule has 1 fully saturated rings. The minimum absolute atomic E-state index is 0.476. The molecule has 0 radical (unpaired) electrons. The van der Waals surface area contributed by atoms with Crippen molar-refractivity contribution in [2.45, 2.75) is 39.3 Å². The van der Waals surface area contributed by atoms with Crippen LogP contribution >= 0.6 is 0 Å². The highest BCUT2D eigenvalue weighted by Gasteiger charge is 2.15. The standard InChI is InChI=1S/C17H28N2O2/c1-4-21-16-9-7-8-15(17(16)20-3)12-18-14(2)13-19-10-5-6-11-19/h7-9,14,18H,4-6,10-13H2,1-3H3. The zero-order valence-corrected chi connectivity index (χ0v) is 13.5. The van der Waals surface area contributed by atoms with E-state index >= 15 is 0 Å². The van der Waals surface area contributed by atoms with Crippen LogP contribution in [0.15, 0.2) is 18.2 Å². The Kier molecular flexibility index (Phi) is 6.33. The summed E-state index contributed by atoms with van der Waals surface area (Å²) in [6, 6.07) is 6.55. The van der Waals surface area contributed by atoms with Crippen LogP contribution < -0.4 is 14.8 Å². The molecule has 4 nitrogen and oxygen atoms in total. The minimum Gasteiger partial charge on any atom is -0.493 e. The van der Waals surface area contributed by atoms with Crippen molar-refractivity contribution in [3.8, 4) is 11.5 Å². The summed E-state index contributed by atoms with van der Waals surface area (Å²) < 4.78 is 11.1. The summed E-state index contributed by atoms with van der Waals surface area (Å²) in [6.07, 6.45) is 2.69. The van der Waals surface area contributed by atoms with Crippen molar-refractivity contribution in [3.63, 3.8) is 0 Å². The molecule has 1 atom stereocenters. The highest BCUT2D eigenvalue weighted by Crippen LogP contribution is 2.30. The van der Waals surface area contributed by atoms with Crippen molar-refractivity contribution >= 4 is 0 Å². The predicted molar refractivity (Wildman–Crippen MR) is 86.1 cm³/mol. The molecule has 2 rings (SSSR count). The average molecular weight is 292 g/mol. The number of nitrogens with zero attached hydrogens (tertiary/aromatic N) is 1. The lowest BCUT2D eigenvalue weighted by molar-refractivity contribution is 0.294. The van der Waals surface area contributed by atoms with Crippen molar-refractivity contribution in [3.05, 3.63) is 23.8 Å². The zero-order chi connectivity index (χ0) is 15.1. The van der Waals surface area contributed by atoms with Crippen LogP contribution in [0.4, 0.5) is 0 Å². The Morgan fingerprint density at radius 3 is 2.71 bits per heavy atom. The van der Waals surface area contributed by atoms with E-state index in [-0.39, 0.29) is 0 Å². The van der Waals surface area contributed by atoms with Crippen molar-refractivity contribution in [2.24, 2.45) is 0 Å². The fourth-order valence-electron chi connectivity index (χ4n) is 2.90. The van der Waals surface area contributed by atoms with Crippen LogP contribution in [0.2, 0.25) is 0 Å². The van der Waals surface area contributed by atoms with Gasteiger partial charge in [0.2, 0.25) is 0 Å². The normalized spacial score (nSPS) is 16.9. The molecule has 21 heavy (non-hydrogen) atoms. The number of rotatable bonds is 8. The fraction of sp³-hybridized carbons (Fsp3) is 0.647. The van der Waals surface area contributed by atoms with Crippen LogP contribution in [0.5, 0.6) is 11.5 Å². The Balaban J connectivity index is 1.90. The molecule has 1 unspecified atom stereocenters. The van der Waals surface area contributed by atoms with Gasteiger partial charge in [0, 0.05) is 24.7 Å². The first-order chi connectivity index (χ1) is 10.2. The molecule has 0 bridgehead atoms. The first-order valence-corrected chi connectivity index (χ1v) is 7.99. The molecular weight excluding hydrogens is 264 g/mol. The van der Waals surface area contributed by atoms with E-state index in [0.717, 1.165) is 30.2 Å². The summed E-state index contributed by atoms with van der Waals surface area (Å²) in [5.74, 6) is 1.67. The van der Waals surface area contributed by atoms with Crippen LogP contribution in [-0.4, -0.2) is 44.3 Å². The summed E-state index contributed by atoms with van der Waals surface area (Å²) >= 11 is 0. The predicted octanol–water partition coefficient (Wildman–Crippen LogP) is 2.67. The number of hydrogen-bond acceptors (Lipinski definition) is 4. The molecule has 0 spiro atoms. The molecule has 1 aromatic carbocycles. The Labute approximate surface area is 128 Å². The third-order valence-electron chi connectivity index (χ3n) is 3.94. The molecule has 1 N–H and O–H groups in total. The maximum absolute atomic E-state index is 5.62. The number of benzene rings is 1. The lowest BCUT2D eigenvalue weighted by Gasteiger charge is -2.22. The molecular formula is C17H28N2O2. The van der Waals surface area contributed by atoms with Gasteiger partial charge in [-0.1, -0.05) is 12.1 Å². The fourth-order valence-corrected chi connectivity index (χ4v) is 2.90. The van der Waals surface area contributed by atoms with E-state index in [1.54, 1.807) is 7.11 Å². The van der Waals surface area contributed by atoms with Crippen LogP contribution in [0.3, 0.4) is 0 Å². The van der Waals surface area contributed by atoms with Gasteiger partial charge in [0.15, 0.2) is 11.5 Å². The van der Waals surface area contributed by atoms with Gasteiger partial charge in [-0.3, -0.25) is 0 Å². The highest BCUT2D eigenvalue weighted by atomic mass is 16.5. The van der Waals surface area contributed by atoms with Crippen molar-refractivity contribution in [2.75, 3.05) is 33.4 Å². The Bertz CT molecular complexity index is 431. The van der Waals surface area contributed by atoms with E-state index in [9.17, 15) is 0 Å². The number of ether oxygens (including phenoxy) is 2. The molecule has 1 heterocycles. The molecule has 0 aromatic heterocycles. The highest BCUT2D eigenvalue weighted by molar-refractivity contribution is 5.46. The van der Waals surface area contributed by atoms with Gasteiger partial charge in [0.05, 0.1) is 13.7 Å². The van der Waals surface area contributed by atoms with Gasteiger partial charge in [-0.2, -0.15) is 0 Å². The summed E-state index contributed by atoms with van der Waals surface area (Å²) in [7, 11) is 1.70. The summed E-state index contributed by atoms with van der Waals surface area (Å²) in [6.45, 7) is 9.30. The molecule has 1 aliphatic heterocycles. The third kappa shape index (κ3) is 4.61. The maximum Gasteiger partial charge on any atom is 0.165 e. The summed E-state index contributed by atoms with van der Waals surface area (Å²) in [5.41, 5.74) is 1.15. The summed E-state index contributed by atoms with van der Waals surface area (Å²) in [5, 5.41) is 3.59. The second kappa shape index (κ2) is 8.25. The summed E-state index contributed by atoms with van der Waals surface area (Å²) in [4.78, 5) is 2.53. The second-order valence-electron chi connectivity index (χ2n) is 5.67. The number of methoxy groups -OCH3 is 1. The van der Waals surface area contributed by atoms with Crippen LogP contribution in [0.1, 0.15) is 32.3 Å². The van der Waals surface area contributed by atoms with Gasteiger partial charge >= 0.3 is 0 Å². The first-order valence-electron chi connectivity index (χ1n) is 7.99. The SMILES string of the molecule is CCOc1cccc(CNC(C)CN2CCCC2)c1OC. The van der Waals surface area contributed by atoms with Gasteiger partial charge in [-0.15, -0.1) is 0 Å². The number of nitrogens with one attached hydrogen (secondary N) is 1. The van der Waals surface area contributed by atoms with Crippen molar-refractivity contribution < 1.29 is 9.47 Å². The van der Waals surface area contributed by atoms with Gasteiger partial charge in [0.1, 0.15) is 0 Å². The molecule has 1 saturated heterocycles. The van der Waals surface area contributed by atoms with Gasteiger partial charge in [0.25, 0.3) is 0 Å². The Morgan fingerprint density at radius 1 is 1.29 bits per heavy atom. The molecule has 0 aliphatic carbocycles. The van der Waals surface area contributed by atoms with Crippen LogP contribution in [-0.2, 0) is 6.54 Å². The minimum atomic E-state index is 0.476. The molecule has 118 valence electrons. The molecule has 1 aromatic rings. The van der Waals surface area contributed by atoms with E-state index in [1.165, 1.54) is 25.9 Å². The third-order valence-corrected chi connectivity index (χ3v) is 3.94. The number of hydrogen-bond donors (Lipinski definition) is 1. The smallest absolute Gasteiger partial charge is 0.165 e. The number of para-hydroxylation sites is 1. The van der Waals surface area contributed by atoms with Gasteiger partial charge in [-0.25, -0.2) is 0 Å². The Hall–Kier alpha value is -1.26. The van der Waals surface area contributed by atoms with Gasteiger partial charge < -0.3 is 19.7 Å². The molecule has 4 heteroatoms. The van der Waals surface area contributed by atoms with Gasteiger partial charge in [-0.05, 0) is 45.8 Å². The largest absolute Gasteiger partial charge is 0.493 e. The van der Waals surface area contributed by atoms with E-state index in [4.69, 9.17) is 9.47 Å². The van der Waals surface area contributed by atoms with E-state index in [2.05, 4.69) is 23.2 Å². The lowest BCUT2D eigenvalue weighted by atomic mass is 10.1.